The SMILES string of the molecule is CCOc1ccc(N(CC(=O)N/N=C\c2cc(Br)c(OCc3ccc(Cl)cc3)c(OC)c2)S(=O)(=O)c2ccc(C)cc2)cc1. The zero-order valence-electron chi connectivity index (χ0n) is 24.3. The number of hydrazone groups is 1. The predicted molar refractivity (Wildman–Crippen MR) is 176 cm³/mol. The van der Waals surface area contributed by atoms with Gasteiger partial charge in [0.05, 0.1) is 35.0 Å². The summed E-state index contributed by atoms with van der Waals surface area (Å²) in [6, 6.07) is 23.7. The molecule has 0 aliphatic heterocycles. The Morgan fingerprint density at radius 2 is 1.68 bits per heavy atom. The summed E-state index contributed by atoms with van der Waals surface area (Å²) in [7, 11) is -2.56. The minimum Gasteiger partial charge on any atom is -0.494 e. The maximum Gasteiger partial charge on any atom is 0.264 e. The molecular weight excluding hydrogens is 670 g/mol. The van der Waals surface area contributed by atoms with Gasteiger partial charge in [0.2, 0.25) is 0 Å². The summed E-state index contributed by atoms with van der Waals surface area (Å²) >= 11 is 9.47. The largest absolute Gasteiger partial charge is 0.494 e. The van der Waals surface area contributed by atoms with Crippen LogP contribution in [0.15, 0.2) is 99.4 Å². The molecule has 9 nitrogen and oxygen atoms in total. The van der Waals surface area contributed by atoms with Crippen LogP contribution in [0.2, 0.25) is 5.02 Å². The van der Waals surface area contributed by atoms with Gasteiger partial charge >= 0.3 is 0 Å². The molecule has 1 amide bonds. The van der Waals surface area contributed by atoms with Crippen molar-refractivity contribution < 1.29 is 27.4 Å². The van der Waals surface area contributed by atoms with E-state index >= 15 is 0 Å². The van der Waals surface area contributed by atoms with E-state index in [1.807, 2.05) is 26.0 Å². The number of nitrogens with one attached hydrogen (secondary N) is 1. The number of carbonyl (C=O) groups excluding carboxylic acids is 1. The molecule has 0 bridgehead atoms. The average molecular weight is 701 g/mol. The number of benzene rings is 4. The van der Waals surface area contributed by atoms with Crippen molar-refractivity contribution in [3.63, 3.8) is 0 Å². The Labute approximate surface area is 270 Å². The highest BCUT2D eigenvalue weighted by Gasteiger charge is 2.27. The lowest BCUT2D eigenvalue weighted by atomic mass is 10.2. The number of nitrogens with zero attached hydrogens (tertiary/aromatic N) is 2. The molecule has 44 heavy (non-hydrogen) atoms. The van der Waals surface area contributed by atoms with Gasteiger partial charge in [-0.25, -0.2) is 13.8 Å². The molecule has 4 aromatic carbocycles. The highest BCUT2D eigenvalue weighted by Crippen LogP contribution is 2.37. The number of aryl methyl sites for hydroxylation is 1. The van der Waals surface area contributed by atoms with Gasteiger partial charge in [0, 0.05) is 5.02 Å². The summed E-state index contributed by atoms with van der Waals surface area (Å²) in [5.74, 6) is 0.892. The molecular formula is C32H31BrClN3O6S. The van der Waals surface area contributed by atoms with E-state index in [1.165, 1.54) is 25.5 Å². The van der Waals surface area contributed by atoms with Crippen molar-refractivity contribution in [3.05, 3.63) is 111 Å². The second kappa shape index (κ2) is 15.1. The molecule has 0 spiro atoms. The standard InChI is InChI=1S/C32H31BrClN3O6S/c1-4-42-27-13-11-26(12-14-27)37(44(39,40)28-15-5-22(2)6-16-28)20-31(38)36-35-19-24-17-29(33)32(30(18-24)41-3)43-21-23-7-9-25(34)10-8-23/h5-19H,4,20-21H2,1-3H3,(H,36,38)/b35-19-. The van der Waals surface area contributed by atoms with E-state index in [2.05, 4.69) is 26.5 Å². The number of rotatable bonds is 13. The van der Waals surface area contributed by atoms with E-state index in [0.717, 1.165) is 15.4 Å². The fourth-order valence-electron chi connectivity index (χ4n) is 4.06. The molecule has 0 saturated carbocycles. The first-order chi connectivity index (χ1) is 21.1. The van der Waals surface area contributed by atoms with Gasteiger partial charge in [0.25, 0.3) is 15.9 Å². The molecule has 12 heteroatoms. The number of hydrogen-bond acceptors (Lipinski definition) is 7. The molecule has 0 atom stereocenters. The first kappa shape index (κ1) is 32.8. The first-order valence-electron chi connectivity index (χ1n) is 13.5. The molecule has 1 N–H and O–H groups in total. The smallest absolute Gasteiger partial charge is 0.264 e. The van der Waals surface area contributed by atoms with Crippen LogP contribution in [0, 0.1) is 6.92 Å². The average Bonchev–Trinajstić information content (AvgIpc) is 3.01. The summed E-state index contributed by atoms with van der Waals surface area (Å²) < 4.78 is 45.8. The lowest BCUT2D eigenvalue weighted by Gasteiger charge is -2.24. The van der Waals surface area contributed by atoms with Gasteiger partial charge in [-0.15, -0.1) is 0 Å². The van der Waals surface area contributed by atoms with Crippen molar-refractivity contribution in [2.75, 3.05) is 24.6 Å². The first-order valence-corrected chi connectivity index (χ1v) is 16.1. The van der Waals surface area contributed by atoms with Crippen molar-refractivity contribution in [2.45, 2.75) is 25.3 Å². The van der Waals surface area contributed by atoms with Gasteiger partial charge in [-0.3, -0.25) is 9.10 Å². The maximum absolute atomic E-state index is 13.6. The lowest BCUT2D eigenvalue weighted by Crippen LogP contribution is -2.39. The number of anilines is 1. The minimum absolute atomic E-state index is 0.0589. The van der Waals surface area contributed by atoms with E-state index in [4.69, 9.17) is 25.8 Å². The molecule has 230 valence electrons. The van der Waals surface area contributed by atoms with E-state index in [0.29, 0.717) is 51.2 Å². The number of methoxy groups -OCH3 is 1. The van der Waals surface area contributed by atoms with E-state index in [-0.39, 0.29) is 4.90 Å². The zero-order chi connectivity index (χ0) is 31.7. The molecule has 0 saturated heterocycles. The van der Waals surface area contributed by atoms with Gasteiger partial charge < -0.3 is 14.2 Å². The highest BCUT2D eigenvalue weighted by atomic mass is 79.9. The molecule has 0 aromatic heterocycles. The summed E-state index contributed by atoms with van der Waals surface area (Å²) in [6.45, 7) is 3.97. The van der Waals surface area contributed by atoms with Crippen molar-refractivity contribution in [3.8, 4) is 17.2 Å². The zero-order valence-corrected chi connectivity index (χ0v) is 27.4. The van der Waals surface area contributed by atoms with Crippen molar-refractivity contribution in [1.29, 1.82) is 0 Å². The molecule has 4 aromatic rings. The quantitative estimate of drug-likeness (QED) is 0.122. The summed E-state index contributed by atoms with van der Waals surface area (Å²) in [5, 5.41) is 4.68. The van der Waals surface area contributed by atoms with Crippen LogP contribution in [-0.2, 0) is 21.4 Å². The van der Waals surface area contributed by atoms with E-state index in [1.54, 1.807) is 60.7 Å². The van der Waals surface area contributed by atoms with Gasteiger partial charge in [0.15, 0.2) is 11.5 Å². The minimum atomic E-state index is -4.08. The monoisotopic (exact) mass is 699 g/mol. The lowest BCUT2D eigenvalue weighted by molar-refractivity contribution is -0.119. The number of sulfonamides is 1. The second-order valence-corrected chi connectivity index (χ2v) is 12.6. The molecule has 0 unspecified atom stereocenters. The van der Waals surface area contributed by atoms with Crippen LogP contribution in [-0.4, -0.2) is 40.8 Å². The Bertz CT molecular complexity index is 1720. The third-order valence-corrected chi connectivity index (χ3v) is 8.91. The number of halogens is 2. The Morgan fingerprint density at radius 3 is 2.32 bits per heavy atom. The van der Waals surface area contributed by atoms with Gasteiger partial charge in [-0.1, -0.05) is 41.4 Å². The highest BCUT2D eigenvalue weighted by molar-refractivity contribution is 9.10. The van der Waals surface area contributed by atoms with Crippen molar-refractivity contribution >= 4 is 55.4 Å². The third-order valence-electron chi connectivity index (χ3n) is 6.28. The molecule has 0 radical (unpaired) electrons. The van der Waals surface area contributed by atoms with Crippen LogP contribution >= 0.6 is 27.5 Å². The van der Waals surface area contributed by atoms with Gasteiger partial charge in [-0.2, -0.15) is 5.10 Å². The molecule has 4 rings (SSSR count). The Kier molecular flexibility index (Phi) is 11.3. The Balaban J connectivity index is 1.49. The normalized spacial score (nSPS) is 11.3. The predicted octanol–water partition coefficient (Wildman–Crippen LogP) is 6.74. The van der Waals surface area contributed by atoms with Crippen molar-refractivity contribution in [1.82, 2.24) is 5.43 Å². The number of carbonyl (C=O) groups is 1. The molecule has 0 fully saturated rings. The fourth-order valence-corrected chi connectivity index (χ4v) is 6.18. The Hall–Kier alpha value is -4.06. The van der Waals surface area contributed by atoms with Crippen LogP contribution in [0.3, 0.4) is 0 Å². The summed E-state index contributed by atoms with van der Waals surface area (Å²) in [5.41, 5.74) is 5.16. The number of hydrogen-bond donors (Lipinski definition) is 1. The maximum atomic E-state index is 13.6. The van der Waals surface area contributed by atoms with Crippen LogP contribution in [0.4, 0.5) is 5.69 Å². The number of amides is 1. The van der Waals surface area contributed by atoms with Crippen LogP contribution in [0.25, 0.3) is 0 Å². The van der Waals surface area contributed by atoms with Crippen LogP contribution in [0.1, 0.15) is 23.6 Å². The topological polar surface area (TPSA) is 107 Å². The van der Waals surface area contributed by atoms with E-state index in [9.17, 15) is 13.2 Å². The molecule has 0 heterocycles. The van der Waals surface area contributed by atoms with E-state index < -0.39 is 22.5 Å². The molecule has 0 aliphatic carbocycles. The summed E-state index contributed by atoms with van der Waals surface area (Å²) in [6.07, 6.45) is 1.42. The van der Waals surface area contributed by atoms with Crippen molar-refractivity contribution in [2.24, 2.45) is 5.10 Å². The van der Waals surface area contributed by atoms with Gasteiger partial charge in [-0.05, 0) is 102 Å². The molecule has 0 aliphatic rings. The number of ether oxygens (including phenoxy) is 3. The fraction of sp³-hybridized carbons (Fsp3) is 0.188. The van der Waals surface area contributed by atoms with Crippen LogP contribution < -0.4 is 23.9 Å². The van der Waals surface area contributed by atoms with Gasteiger partial charge in [0.1, 0.15) is 18.9 Å². The summed E-state index contributed by atoms with van der Waals surface area (Å²) in [4.78, 5) is 13.0. The third kappa shape index (κ3) is 8.52. The Morgan fingerprint density at radius 1 is 1.00 bits per heavy atom. The van der Waals surface area contributed by atoms with Crippen LogP contribution in [0.5, 0.6) is 17.2 Å². The second-order valence-electron chi connectivity index (χ2n) is 9.49.